The molecule has 4 amide bonds. The van der Waals surface area contributed by atoms with Crippen LogP contribution in [0.2, 0.25) is 0 Å². The molecule has 0 radical (unpaired) electrons. The van der Waals surface area contributed by atoms with Crippen LogP contribution < -0.4 is 26.0 Å². The number of carboxylic acid groups (broad SMARTS) is 1. The van der Waals surface area contributed by atoms with E-state index < -0.39 is 41.1 Å². The van der Waals surface area contributed by atoms with E-state index in [4.69, 9.17) is 19.3 Å². The molecule has 0 aromatic heterocycles. The average molecular weight is 803 g/mol. The number of amides is 4. The van der Waals surface area contributed by atoms with E-state index in [0.717, 1.165) is 27.8 Å². The summed E-state index contributed by atoms with van der Waals surface area (Å²) in [6.07, 6.45) is 0.231. The lowest BCUT2D eigenvalue weighted by Crippen LogP contribution is -2.60. The molecule has 1 aliphatic carbocycles. The number of aliphatic carboxylic acids is 1. The van der Waals surface area contributed by atoms with E-state index in [2.05, 4.69) is 28.1 Å². The number of carboxylic acids is 1. The first-order chi connectivity index (χ1) is 27.1. The number of carbonyl (C=O) groups excluding carboxylic acids is 5. The van der Waals surface area contributed by atoms with Crippen LogP contribution in [0.4, 0.5) is 4.79 Å². The lowest BCUT2D eigenvalue weighted by molar-refractivity contribution is -0.155. The van der Waals surface area contributed by atoms with Gasteiger partial charge >= 0.3 is 18.0 Å². The van der Waals surface area contributed by atoms with Gasteiger partial charge in [0, 0.05) is 24.8 Å². The Hall–Kier alpha value is -5.92. The normalized spacial score (nSPS) is 13.2. The summed E-state index contributed by atoms with van der Waals surface area (Å²) >= 11 is 0. The number of hydrogen-bond donors (Lipinski definition) is 5. The third kappa shape index (κ3) is 15.2. The number of alkyl carbamates (subject to hydrolysis) is 1. The van der Waals surface area contributed by atoms with Gasteiger partial charge in [-0.1, -0.05) is 60.7 Å². The highest BCUT2D eigenvalue weighted by molar-refractivity contribution is 5.94. The minimum absolute atomic E-state index is 0.0854. The van der Waals surface area contributed by atoms with Crippen LogP contribution in [0.3, 0.4) is 0 Å². The molecule has 2 unspecified atom stereocenters. The molecule has 14 nitrogen and oxygen atoms in total. The van der Waals surface area contributed by atoms with Gasteiger partial charge in [0.25, 0.3) is 0 Å². The van der Waals surface area contributed by atoms with Crippen LogP contribution in [0, 0.1) is 0 Å². The second-order valence-electron chi connectivity index (χ2n) is 16.6. The van der Waals surface area contributed by atoms with Crippen molar-refractivity contribution in [2.75, 3.05) is 13.2 Å². The Morgan fingerprint density at radius 3 is 1.86 bits per heavy atom. The summed E-state index contributed by atoms with van der Waals surface area (Å²) in [6, 6.07) is 22.0. The van der Waals surface area contributed by atoms with E-state index in [9.17, 15) is 28.8 Å². The van der Waals surface area contributed by atoms with Crippen LogP contribution in [0.15, 0.2) is 72.8 Å². The minimum Gasteiger partial charge on any atom is -0.488 e. The second kappa shape index (κ2) is 20.5. The number of benzene rings is 3. The van der Waals surface area contributed by atoms with E-state index in [-0.39, 0.29) is 49.5 Å². The van der Waals surface area contributed by atoms with Gasteiger partial charge in [-0.05, 0) is 109 Å². The highest BCUT2D eigenvalue weighted by atomic mass is 16.6. The van der Waals surface area contributed by atoms with Gasteiger partial charge in [-0.25, -0.2) is 4.79 Å². The van der Waals surface area contributed by atoms with Gasteiger partial charge in [0.1, 0.15) is 41.7 Å². The number of fused-ring (bicyclic) bond motifs is 3. The van der Waals surface area contributed by atoms with Crippen molar-refractivity contribution in [2.45, 2.75) is 116 Å². The predicted octanol–water partition coefficient (Wildman–Crippen LogP) is 5.65. The Balaban J connectivity index is 0.00000117. The summed E-state index contributed by atoms with van der Waals surface area (Å²) in [6.45, 7) is 16.0. The van der Waals surface area contributed by atoms with Crippen LogP contribution in [-0.4, -0.2) is 83.3 Å². The van der Waals surface area contributed by atoms with Gasteiger partial charge in [0.05, 0.1) is 0 Å². The van der Waals surface area contributed by atoms with E-state index in [1.807, 2.05) is 86.8 Å². The molecule has 14 heteroatoms. The number of nitrogens with one attached hydrogen (secondary N) is 4. The molecule has 3 aromatic carbocycles. The molecule has 4 rings (SSSR count). The fraction of sp³-hybridized carbons (Fsp3) is 0.455. The van der Waals surface area contributed by atoms with Crippen LogP contribution >= 0.6 is 0 Å². The molecule has 2 atom stereocenters. The highest BCUT2D eigenvalue weighted by Gasteiger charge is 2.35. The standard InChI is InChI=1S/C41H53N3O7.C3H5NO3/c1-26(18-23-35(45)51-40(5,6)7)42-37(47)41(8,9)44-36(46)34(24-27-19-21-28(22-20-27)50-39(2,3)4)43-38(48)49-25-33-31-16-12-10-14-29(31)30-15-11-13-17-32(30)33;5-2-4-1-3(6)7/h10-17,19-22,26,33-34H,18,23-25H2,1-9H3,(H,42,47)(H,43,48)(H,44,46);2H,1H2,(H,4,5)(H,6,7). The molecule has 314 valence electrons. The topological polar surface area (TPSA) is 198 Å². The third-order valence-electron chi connectivity index (χ3n) is 8.66. The lowest BCUT2D eigenvalue weighted by Gasteiger charge is -2.29. The molecule has 5 N–H and O–H groups in total. The zero-order chi connectivity index (χ0) is 43.3. The molecular weight excluding hydrogens is 745 g/mol. The average Bonchev–Trinajstić information content (AvgIpc) is 3.45. The quantitative estimate of drug-likeness (QED) is 0.0891. The first-order valence-corrected chi connectivity index (χ1v) is 19.2. The van der Waals surface area contributed by atoms with Gasteiger partial charge in [0.2, 0.25) is 18.2 Å². The van der Waals surface area contributed by atoms with Crippen LogP contribution in [0.5, 0.6) is 5.75 Å². The van der Waals surface area contributed by atoms with Crippen molar-refractivity contribution in [3.63, 3.8) is 0 Å². The number of esters is 1. The largest absolute Gasteiger partial charge is 0.488 e. The summed E-state index contributed by atoms with van der Waals surface area (Å²) in [4.78, 5) is 71.5. The van der Waals surface area contributed by atoms with Crippen molar-refractivity contribution in [1.82, 2.24) is 21.3 Å². The number of rotatable bonds is 16. The number of carbonyl (C=O) groups is 6. The fourth-order valence-electron chi connectivity index (χ4n) is 6.06. The molecule has 0 bridgehead atoms. The molecule has 58 heavy (non-hydrogen) atoms. The Morgan fingerprint density at radius 2 is 1.36 bits per heavy atom. The summed E-state index contributed by atoms with van der Waals surface area (Å²) in [5, 5.41) is 18.2. The minimum atomic E-state index is -1.34. The van der Waals surface area contributed by atoms with Gasteiger partial charge in [-0.2, -0.15) is 0 Å². The van der Waals surface area contributed by atoms with E-state index in [0.29, 0.717) is 18.6 Å². The van der Waals surface area contributed by atoms with Crippen molar-refractivity contribution in [2.24, 2.45) is 0 Å². The molecule has 0 aliphatic heterocycles. The maximum Gasteiger partial charge on any atom is 0.407 e. The highest BCUT2D eigenvalue weighted by Crippen LogP contribution is 2.44. The van der Waals surface area contributed by atoms with Crippen LogP contribution in [0.1, 0.15) is 97.8 Å². The van der Waals surface area contributed by atoms with E-state index >= 15 is 0 Å². The number of hydrogen-bond acceptors (Lipinski definition) is 9. The molecule has 0 saturated heterocycles. The molecule has 0 heterocycles. The smallest absolute Gasteiger partial charge is 0.407 e. The Bertz CT molecular complexity index is 1850. The Kier molecular flexibility index (Phi) is 16.4. The van der Waals surface area contributed by atoms with Gasteiger partial charge < -0.3 is 40.6 Å². The maximum atomic E-state index is 13.8. The van der Waals surface area contributed by atoms with Crippen molar-refractivity contribution >= 4 is 36.3 Å². The molecule has 0 saturated carbocycles. The Labute approximate surface area is 340 Å². The summed E-state index contributed by atoms with van der Waals surface area (Å²) in [5.74, 6) is -1.85. The van der Waals surface area contributed by atoms with Crippen molar-refractivity contribution in [3.05, 3.63) is 89.5 Å². The van der Waals surface area contributed by atoms with E-state index in [1.54, 1.807) is 41.5 Å². The zero-order valence-corrected chi connectivity index (χ0v) is 34.9. The third-order valence-corrected chi connectivity index (χ3v) is 8.66. The second-order valence-corrected chi connectivity index (χ2v) is 16.6. The molecular formula is C44H58N4O10. The fourth-order valence-corrected chi connectivity index (χ4v) is 6.06. The van der Waals surface area contributed by atoms with Gasteiger partial charge in [-0.3, -0.25) is 24.0 Å². The predicted molar refractivity (Wildman–Crippen MR) is 219 cm³/mol. The van der Waals surface area contributed by atoms with Crippen molar-refractivity contribution in [1.29, 1.82) is 0 Å². The summed E-state index contributed by atoms with van der Waals surface area (Å²) < 4.78 is 17.1. The lowest BCUT2D eigenvalue weighted by atomic mass is 9.98. The molecule has 0 spiro atoms. The monoisotopic (exact) mass is 802 g/mol. The van der Waals surface area contributed by atoms with Gasteiger partial charge in [-0.15, -0.1) is 0 Å². The Morgan fingerprint density at radius 1 is 0.793 bits per heavy atom. The SMILES string of the molecule is CC(CCC(=O)OC(C)(C)C)NC(=O)C(C)(C)NC(=O)C(Cc1ccc(OC(C)(C)C)cc1)NC(=O)OCC1c2ccccc2-c2ccccc21.O=CNCC(=O)O. The molecule has 1 aliphatic rings. The van der Waals surface area contributed by atoms with Crippen molar-refractivity contribution < 1.29 is 48.1 Å². The maximum absolute atomic E-state index is 13.8. The number of ether oxygens (including phenoxy) is 3. The summed E-state index contributed by atoms with van der Waals surface area (Å²) in [5.41, 5.74) is 2.82. The van der Waals surface area contributed by atoms with Crippen LogP contribution in [0.25, 0.3) is 11.1 Å². The van der Waals surface area contributed by atoms with Crippen molar-refractivity contribution in [3.8, 4) is 16.9 Å². The van der Waals surface area contributed by atoms with Crippen LogP contribution in [-0.2, 0) is 39.9 Å². The molecule has 3 aromatic rings. The molecule has 0 fully saturated rings. The summed E-state index contributed by atoms with van der Waals surface area (Å²) in [7, 11) is 0. The zero-order valence-electron chi connectivity index (χ0n) is 34.9. The first kappa shape index (κ1) is 46.5. The first-order valence-electron chi connectivity index (χ1n) is 19.2. The van der Waals surface area contributed by atoms with E-state index in [1.165, 1.54) is 0 Å². The van der Waals surface area contributed by atoms with Gasteiger partial charge in [0.15, 0.2) is 0 Å².